The van der Waals surface area contributed by atoms with E-state index in [0.717, 1.165) is 24.2 Å². The van der Waals surface area contributed by atoms with Crippen LogP contribution in [0.1, 0.15) is 36.5 Å². The van der Waals surface area contributed by atoms with E-state index in [1.165, 1.54) is 0 Å². The molecule has 0 fully saturated rings. The monoisotopic (exact) mass is 346 g/mol. The van der Waals surface area contributed by atoms with Gasteiger partial charge in [0.15, 0.2) is 5.70 Å². The maximum Gasteiger partial charge on any atom is 0.363 e. The van der Waals surface area contributed by atoms with E-state index >= 15 is 0 Å². The van der Waals surface area contributed by atoms with Crippen molar-refractivity contribution in [1.82, 2.24) is 0 Å². The van der Waals surface area contributed by atoms with Crippen LogP contribution in [0.5, 0.6) is 5.75 Å². The normalized spacial score (nSPS) is 14.7. The van der Waals surface area contributed by atoms with E-state index in [1.807, 2.05) is 24.3 Å². The van der Waals surface area contributed by atoms with E-state index in [2.05, 4.69) is 18.0 Å². The van der Waals surface area contributed by atoms with Gasteiger partial charge in [0.2, 0.25) is 5.90 Å². The molecule has 5 nitrogen and oxygen atoms in total. The number of rotatable bonds is 6. The lowest BCUT2D eigenvalue weighted by molar-refractivity contribution is -0.129. The number of carbonyl (C=O) groups is 1. The molecule has 1 aliphatic heterocycles. The molecule has 0 radical (unpaired) electrons. The predicted octanol–water partition coefficient (Wildman–Crippen LogP) is 4.08. The number of cyclic esters (lactones) is 1. The highest BCUT2D eigenvalue weighted by Gasteiger charge is 2.24. The first-order valence-corrected chi connectivity index (χ1v) is 8.45. The van der Waals surface area contributed by atoms with Gasteiger partial charge in [-0.05, 0) is 54.5 Å². The van der Waals surface area contributed by atoms with Crippen molar-refractivity contribution in [3.05, 3.63) is 70.9 Å². The summed E-state index contributed by atoms with van der Waals surface area (Å²) in [4.78, 5) is 16.3. The molecule has 0 atom stereocenters. The summed E-state index contributed by atoms with van der Waals surface area (Å²) in [5.74, 6) is 0.527. The number of esters is 1. The van der Waals surface area contributed by atoms with Crippen LogP contribution in [0.2, 0.25) is 0 Å². The van der Waals surface area contributed by atoms with E-state index < -0.39 is 5.97 Å². The topological polar surface area (TPSA) is 71.7 Å². The lowest BCUT2D eigenvalue weighted by Crippen LogP contribution is -2.05. The molecule has 0 aliphatic carbocycles. The van der Waals surface area contributed by atoms with Crippen molar-refractivity contribution in [1.29, 1.82) is 5.26 Å². The molecular formula is C21H18N2O3. The van der Waals surface area contributed by atoms with Gasteiger partial charge in [0.05, 0.1) is 18.2 Å². The van der Waals surface area contributed by atoms with Crippen molar-refractivity contribution in [2.75, 3.05) is 6.61 Å². The molecule has 1 aliphatic rings. The number of aliphatic imine (C=N–C) groups is 1. The highest BCUT2D eigenvalue weighted by atomic mass is 16.6. The average molecular weight is 346 g/mol. The Bertz CT molecular complexity index is 906. The number of carbonyl (C=O) groups excluding carboxylic acids is 1. The van der Waals surface area contributed by atoms with Crippen molar-refractivity contribution in [2.24, 2.45) is 4.99 Å². The van der Waals surface area contributed by atoms with Gasteiger partial charge < -0.3 is 9.47 Å². The van der Waals surface area contributed by atoms with Crippen LogP contribution < -0.4 is 4.74 Å². The molecule has 0 amide bonds. The van der Waals surface area contributed by atoms with Crippen LogP contribution in [-0.2, 0) is 9.53 Å². The molecule has 2 aromatic carbocycles. The lowest BCUT2D eigenvalue weighted by atomic mass is 10.1. The fraction of sp³-hybridized carbons (Fsp3) is 0.190. The number of unbranched alkanes of at least 4 members (excludes halogenated alkanes) is 1. The molecule has 130 valence electrons. The average Bonchev–Trinajstić information content (AvgIpc) is 3.03. The van der Waals surface area contributed by atoms with E-state index in [-0.39, 0.29) is 11.6 Å². The lowest BCUT2D eigenvalue weighted by Gasteiger charge is -2.05. The second-order valence-electron chi connectivity index (χ2n) is 5.80. The quantitative estimate of drug-likeness (QED) is 0.449. The smallest absolute Gasteiger partial charge is 0.363 e. The fourth-order valence-corrected chi connectivity index (χ4v) is 2.42. The Morgan fingerprint density at radius 1 is 1.23 bits per heavy atom. The minimum atomic E-state index is -0.509. The van der Waals surface area contributed by atoms with E-state index in [4.69, 9.17) is 14.7 Å². The number of hydrogen-bond donors (Lipinski definition) is 0. The third-order valence-corrected chi connectivity index (χ3v) is 3.81. The number of benzene rings is 2. The minimum absolute atomic E-state index is 0.207. The molecule has 0 aromatic heterocycles. The molecular weight excluding hydrogens is 328 g/mol. The van der Waals surface area contributed by atoms with Gasteiger partial charge in [-0.2, -0.15) is 5.26 Å². The molecule has 0 N–H and O–H groups in total. The summed E-state index contributed by atoms with van der Waals surface area (Å²) in [6.45, 7) is 2.79. The largest absolute Gasteiger partial charge is 0.494 e. The molecule has 26 heavy (non-hydrogen) atoms. The zero-order valence-electron chi connectivity index (χ0n) is 14.4. The van der Waals surface area contributed by atoms with Gasteiger partial charge in [-0.1, -0.05) is 25.5 Å². The summed E-state index contributed by atoms with van der Waals surface area (Å²) in [6.07, 6.45) is 3.70. The minimum Gasteiger partial charge on any atom is -0.494 e. The van der Waals surface area contributed by atoms with Crippen LogP contribution in [0.15, 0.2) is 59.2 Å². The fourth-order valence-electron chi connectivity index (χ4n) is 2.42. The zero-order valence-corrected chi connectivity index (χ0v) is 14.4. The second kappa shape index (κ2) is 8.13. The highest BCUT2D eigenvalue weighted by Crippen LogP contribution is 2.21. The summed E-state index contributed by atoms with van der Waals surface area (Å²) in [6, 6.07) is 16.3. The number of hydrogen-bond acceptors (Lipinski definition) is 5. The predicted molar refractivity (Wildman–Crippen MR) is 98.6 cm³/mol. The van der Waals surface area contributed by atoms with Crippen LogP contribution in [-0.4, -0.2) is 18.5 Å². The number of ether oxygens (including phenoxy) is 2. The Kier molecular flexibility index (Phi) is 5.45. The summed E-state index contributed by atoms with van der Waals surface area (Å²) in [5.41, 5.74) is 2.16. The van der Waals surface area contributed by atoms with Crippen LogP contribution in [0.4, 0.5) is 0 Å². The van der Waals surface area contributed by atoms with Crippen molar-refractivity contribution >= 4 is 17.9 Å². The Hall–Kier alpha value is -3.39. The molecule has 0 spiro atoms. The van der Waals surface area contributed by atoms with Gasteiger partial charge in [0.1, 0.15) is 5.75 Å². The summed E-state index contributed by atoms with van der Waals surface area (Å²) >= 11 is 0. The molecule has 0 unspecified atom stereocenters. The first-order valence-electron chi connectivity index (χ1n) is 8.45. The number of nitrogens with zero attached hydrogens (tertiary/aromatic N) is 2. The molecule has 1 heterocycles. The SMILES string of the molecule is CCCCOc1ccc(C2=N/C(=C\c3cccc(C#N)c3)C(=O)O2)cc1. The van der Waals surface area contributed by atoms with Crippen molar-refractivity contribution in [3.8, 4) is 11.8 Å². The zero-order chi connectivity index (χ0) is 18.4. The highest BCUT2D eigenvalue weighted by molar-refractivity contribution is 6.12. The second-order valence-corrected chi connectivity index (χ2v) is 5.80. The Labute approximate surface area is 152 Å². The molecule has 2 aromatic rings. The Balaban J connectivity index is 1.77. The standard InChI is InChI=1S/C21H18N2O3/c1-2-3-11-25-18-9-7-17(8-10-18)20-23-19(21(24)26-20)13-15-5-4-6-16(12-15)14-22/h4-10,12-13H,2-3,11H2,1H3/b19-13-. The maximum absolute atomic E-state index is 12.1. The van der Waals surface area contributed by atoms with Crippen molar-refractivity contribution in [2.45, 2.75) is 19.8 Å². The van der Waals surface area contributed by atoms with Crippen molar-refractivity contribution < 1.29 is 14.3 Å². The third-order valence-electron chi connectivity index (χ3n) is 3.81. The van der Waals surface area contributed by atoms with E-state index in [1.54, 1.807) is 30.3 Å². The Morgan fingerprint density at radius 3 is 2.77 bits per heavy atom. The Morgan fingerprint density at radius 2 is 2.04 bits per heavy atom. The summed E-state index contributed by atoms with van der Waals surface area (Å²) in [7, 11) is 0. The maximum atomic E-state index is 12.1. The van der Waals surface area contributed by atoms with Gasteiger partial charge in [-0.3, -0.25) is 0 Å². The molecule has 0 saturated carbocycles. The van der Waals surface area contributed by atoms with Gasteiger partial charge in [-0.15, -0.1) is 0 Å². The summed E-state index contributed by atoms with van der Waals surface area (Å²) in [5, 5.41) is 8.96. The van der Waals surface area contributed by atoms with Gasteiger partial charge >= 0.3 is 5.97 Å². The summed E-state index contributed by atoms with van der Waals surface area (Å²) < 4.78 is 10.9. The molecule has 3 rings (SSSR count). The van der Waals surface area contributed by atoms with E-state index in [9.17, 15) is 4.79 Å². The van der Waals surface area contributed by atoms with Crippen LogP contribution in [0.3, 0.4) is 0 Å². The third kappa shape index (κ3) is 4.17. The van der Waals surface area contributed by atoms with E-state index in [0.29, 0.717) is 17.7 Å². The molecule has 0 bridgehead atoms. The van der Waals surface area contributed by atoms with Crippen molar-refractivity contribution in [3.63, 3.8) is 0 Å². The van der Waals surface area contributed by atoms with Crippen LogP contribution in [0, 0.1) is 11.3 Å². The molecule has 0 saturated heterocycles. The van der Waals surface area contributed by atoms with Crippen LogP contribution in [0.25, 0.3) is 6.08 Å². The van der Waals surface area contributed by atoms with Crippen LogP contribution >= 0.6 is 0 Å². The first-order chi connectivity index (χ1) is 12.7. The van der Waals surface area contributed by atoms with Gasteiger partial charge in [-0.25, -0.2) is 9.79 Å². The van der Waals surface area contributed by atoms with Gasteiger partial charge in [0, 0.05) is 5.56 Å². The van der Waals surface area contributed by atoms with Gasteiger partial charge in [0.25, 0.3) is 0 Å². The first kappa shape index (κ1) is 17.4. The number of nitriles is 1. The molecule has 5 heteroatoms.